The van der Waals surface area contributed by atoms with Crippen LogP contribution in [0.5, 0.6) is 0 Å². The van der Waals surface area contributed by atoms with E-state index in [-0.39, 0.29) is 35.8 Å². The zero-order valence-corrected chi connectivity index (χ0v) is 20.0. The van der Waals surface area contributed by atoms with Crippen molar-refractivity contribution in [3.8, 4) is 0 Å². The van der Waals surface area contributed by atoms with Crippen LogP contribution in [0.3, 0.4) is 0 Å². The Kier molecular flexibility index (Phi) is 14.9. The lowest BCUT2D eigenvalue weighted by Crippen LogP contribution is -2.50. The predicted octanol–water partition coefficient (Wildman–Crippen LogP) is 2.23. The molecule has 0 bridgehead atoms. The van der Waals surface area contributed by atoms with Crippen LogP contribution in [0.1, 0.15) is 46.0 Å². The summed E-state index contributed by atoms with van der Waals surface area (Å²) >= 11 is 0. The molecule has 0 aromatic rings. The molecule has 1 aliphatic heterocycles. The summed E-state index contributed by atoms with van der Waals surface area (Å²) in [6, 6.07) is 0. The molecular formula is C20H38IN5O2. The topological polar surface area (TPSA) is 77.0 Å². The van der Waals surface area contributed by atoms with Gasteiger partial charge in [-0.15, -0.1) is 30.6 Å². The van der Waals surface area contributed by atoms with Crippen LogP contribution in [-0.4, -0.2) is 73.9 Å². The number of guanidine groups is 1. The average Bonchev–Trinajstić information content (AvgIpc) is 2.66. The predicted molar refractivity (Wildman–Crippen MR) is 126 cm³/mol. The molecule has 1 rings (SSSR count). The highest BCUT2D eigenvalue weighted by Gasteiger charge is 2.23. The summed E-state index contributed by atoms with van der Waals surface area (Å²) < 4.78 is 0. The summed E-state index contributed by atoms with van der Waals surface area (Å²) in [6.07, 6.45) is 5.87. The number of aliphatic imine (C=N–C) groups is 1. The summed E-state index contributed by atoms with van der Waals surface area (Å²) in [7, 11) is 1.74. The first-order valence-electron chi connectivity index (χ1n) is 10.1. The third kappa shape index (κ3) is 10.9. The highest BCUT2D eigenvalue weighted by Crippen LogP contribution is 2.10. The van der Waals surface area contributed by atoms with Crippen LogP contribution in [0.4, 0.5) is 0 Å². The van der Waals surface area contributed by atoms with E-state index >= 15 is 0 Å². The summed E-state index contributed by atoms with van der Waals surface area (Å²) in [6.45, 7) is 12.0. The van der Waals surface area contributed by atoms with Gasteiger partial charge in [0, 0.05) is 59.2 Å². The Morgan fingerprint density at radius 1 is 1.04 bits per heavy atom. The van der Waals surface area contributed by atoms with Gasteiger partial charge in [0.25, 0.3) is 0 Å². The second kappa shape index (κ2) is 15.6. The zero-order valence-electron chi connectivity index (χ0n) is 17.7. The molecule has 1 aliphatic rings. The van der Waals surface area contributed by atoms with Gasteiger partial charge in [-0.25, -0.2) is 0 Å². The minimum atomic E-state index is 0. The minimum Gasteiger partial charge on any atom is -0.356 e. The van der Waals surface area contributed by atoms with Gasteiger partial charge in [0.05, 0.1) is 0 Å². The Morgan fingerprint density at radius 3 is 2.18 bits per heavy atom. The average molecular weight is 507 g/mol. The number of carbonyl (C=O) groups is 2. The van der Waals surface area contributed by atoms with Crippen molar-refractivity contribution in [2.45, 2.75) is 46.0 Å². The molecule has 0 atom stereocenters. The third-order valence-electron chi connectivity index (χ3n) is 4.57. The van der Waals surface area contributed by atoms with Crippen molar-refractivity contribution in [1.29, 1.82) is 0 Å². The number of amides is 2. The van der Waals surface area contributed by atoms with E-state index in [0.717, 1.165) is 31.8 Å². The van der Waals surface area contributed by atoms with E-state index in [1.807, 2.05) is 9.80 Å². The van der Waals surface area contributed by atoms with E-state index in [4.69, 9.17) is 0 Å². The first-order valence-corrected chi connectivity index (χ1v) is 10.1. The molecule has 0 saturated carbocycles. The Bertz CT molecular complexity index is 503. The molecule has 0 unspecified atom stereocenters. The zero-order chi connectivity index (χ0) is 20.1. The van der Waals surface area contributed by atoms with Gasteiger partial charge in [-0.3, -0.25) is 14.6 Å². The molecule has 1 heterocycles. The van der Waals surface area contributed by atoms with Crippen LogP contribution in [0.2, 0.25) is 0 Å². The number of halogens is 1. The van der Waals surface area contributed by atoms with Gasteiger partial charge in [0.15, 0.2) is 5.96 Å². The van der Waals surface area contributed by atoms with Crippen molar-refractivity contribution in [3.63, 3.8) is 0 Å². The number of nitrogens with one attached hydrogen (secondary N) is 2. The van der Waals surface area contributed by atoms with Gasteiger partial charge < -0.3 is 20.4 Å². The highest BCUT2D eigenvalue weighted by atomic mass is 127. The first kappa shape index (κ1) is 26.7. The fourth-order valence-electron chi connectivity index (χ4n) is 3.02. The van der Waals surface area contributed by atoms with E-state index in [1.54, 1.807) is 13.1 Å². The molecular weight excluding hydrogens is 469 g/mol. The van der Waals surface area contributed by atoms with Gasteiger partial charge in [-0.2, -0.15) is 0 Å². The van der Waals surface area contributed by atoms with Gasteiger partial charge in [-0.1, -0.05) is 26.3 Å². The number of hydrogen-bond acceptors (Lipinski definition) is 3. The van der Waals surface area contributed by atoms with E-state index in [1.165, 1.54) is 0 Å². The van der Waals surface area contributed by atoms with Crippen LogP contribution in [-0.2, 0) is 9.59 Å². The SMILES string of the molecule is C=CCNC(=NC)NCCCCCC(=O)N1CCN(C(=O)CC(C)C)CC1.I. The Hall–Kier alpha value is -1.32. The second-order valence-electron chi connectivity index (χ2n) is 7.34. The molecule has 0 aromatic heterocycles. The molecule has 7 nitrogen and oxygen atoms in total. The fourth-order valence-corrected chi connectivity index (χ4v) is 3.02. The Labute approximate surface area is 187 Å². The van der Waals surface area contributed by atoms with Gasteiger partial charge in [-0.05, 0) is 18.8 Å². The van der Waals surface area contributed by atoms with Crippen LogP contribution in [0.15, 0.2) is 17.6 Å². The maximum Gasteiger partial charge on any atom is 0.222 e. The molecule has 0 spiro atoms. The maximum absolute atomic E-state index is 12.3. The van der Waals surface area contributed by atoms with Crippen molar-refractivity contribution < 1.29 is 9.59 Å². The molecule has 8 heteroatoms. The normalized spacial score (nSPS) is 14.5. The van der Waals surface area contributed by atoms with Crippen molar-refractivity contribution in [2.24, 2.45) is 10.9 Å². The number of hydrogen-bond donors (Lipinski definition) is 2. The van der Waals surface area contributed by atoms with Crippen LogP contribution in [0, 0.1) is 5.92 Å². The van der Waals surface area contributed by atoms with Crippen molar-refractivity contribution >= 4 is 41.8 Å². The summed E-state index contributed by atoms with van der Waals surface area (Å²) in [5.41, 5.74) is 0. The molecule has 0 aromatic carbocycles. The van der Waals surface area contributed by atoms with Crippen LogP contribution in [0.25, 0.3) is 0 Å². The fraction of sp³-hybridized carbons (Fsp3) is 0.750. The van der Waals surface area contributed by atoms with E-state index < -0.39 is 0 Å². The number of piperazine rings is 1. The largest absolute Gasteiger partial charge is 0.356 e. The van der Waals surface area contributed by atoms with Gasteiger partial charge in [0.2, 0.25) is 11.8 Å². The number of carbonyl (C=O) groups excluding carboxylic acids is 2. The molecule has 0 radical (unpaired) electrons. The monoisotopic (exact) mass is 507 g/mol. The first-order chi connectivity index (χ1) is 13.0. The standard InChI is InChI=1S/C20H37N5O2.HI/c1-5-10-22-20(21-4)23-11-8-6-7-9-18(26)24-12-14-25(15-13-24)19(27)16-17(2)3;/h5,17H,1,6-16H2,2-4H3,(H2,21,22,23);1H. The van der Waals surface area contributed by atoms with Crippen molar-refractivity contribution in [1.82, 2.24) is 20.4 Å². The molecule has 1 saturated heterocycles. The Morgan fingerprint density at radius 2 is 1.64 bits per heavy atom. The number of nitrogens with zero attached hydrogens (tertiary/aromatic N) is 3. The number of rotatable bonds is 10. The lowest BCUT2D eigenvalue weighted by Gasteiger charge is -2.35. The lowest BCUT2D eigenvalue weighted by atomic mass is 10.1. The molecule has 2 amide bonds. The molecule has 2 N–H and O–H groups in total. The minimum absolute atomic E-state index is 0. The van der Waals surface area contributed by atoms with E-state index in [9.17, 15) is 9.59 Å². The maximum atomic E-state index is 12.3. The van der Waals surface area contributed by atoms with Crippen LogP contribution >= 0.6 is 24.0 Å². The number of unbranched alkanes of at least 4 members (excludes halogenated alkanes) is 2. The molecule has 162 valence electrons. The molecule has 0 aliphatic carbocycles. The molecule has 1 fully saturated rings. The quantitative estimate of drug-likeness (QED) is 0.156. The molecule has 28 heavy (non-hydrogen) atoms. The van der Waals surface area contributed by atoms with Crippen molar-refractivity contribution in [2.75, 3.05) is 46.3 Å². The summed E-state index contributed by atoms with van der Waals surface area (Å²) in [5, 5.41) is 6.37. The Balaban J connectivity index is 0.00000729. The van der Waals surface area contributed by atoms with Gasteiger partial charge >= 0.3 is 0 Å². The third-order valence-corrected chi connectivity index (χ3v) is 4.57. The lowest BCUT2D eigenvalue weighted by molar-refractivity contribution is -0.140. The highest BCUT2D eigenvalue weighted by molar-refractivity contribution is 14.0. The van der Waals surface area contributed by atoms with E-state index in [2.05, 4.69) is 36.1 Å². The second-order valence-corrected chi connectivity index (χ2v) is 7.34. The van der Waals surface area contributed by atoms with Gasteiger partial charge in [0.1, 0.15) is 0 Å². The smallest absolute Gasteiger partial charge is 0.222 e. The van der Waals surface area contributed by atoms with E-state index in [0.29, 0.717) is 51.5 Å². The van der Waals surface area contributed by atoms with Crippen LogP contribution < -0.4 is 10.6 Å². The summed E-state index contributed by atoms with van der Waals surface area (Å²) in [4.78, 5) is 32.3. The summed E-state index contributed by atoms with van der Waals surface area (Å²) in [5.74, 6) is 1.57. The van der Waals surface area contributed by atoms with Crippen molar-refractivity contribution in [3.05, 3.63) is 12.7 Å².